The molecule has 2 atom stereocenters. The molecule has 3 fully saturated rings. The van der Waals surface area contributed by atoms with Crippen molar-refractivity contribution in [3.8, 4) is 5.75 Å². The fourth-order valence-electron chi connectivity index (χ4n) is 5.54. The Morgan fingerprint density at radius 3 is 2.80 bits per heavy atom. The summed E-state index contributed by atoms with van der Waals surface area (Å²) in [5.74, 6) is 2.21. The Kier molecular flexibility index (Phi) is 6.05. The van der Waals surface area contributed by atoms with E-state index < -0.39 is 0 Å². The quantitative estimate of drug-likeness (QED) is 0.777. The third-order valence-electron chi connectivity index (χ3n) is 7.28. The SMILES string of the molecule is OC1CCC(Nc2ncc3ccc(OCC4CCCN5CCCC[C@H]45)cc3n2)CC1. The number of hydrogen-bond donors (Lipinski definition) is 2. The Morgan fingerprint density at radius 1 is 1.03 bits per heavy atom. The molecule has 2 aromatic rings. The molecule has 6 heteroatoms. The molecule has 2 aliphatic heterocycles. The molecule has 0 radical (unpaired) electrons. The molecule has 1 aliphatic carbocycles. The second-order valence-electron chi connectivity index (χ2n) is 9.38. The number of anilines is 1. The van der Waals surface area contributed by atoms with E-state index in [-0.39, 0.29) is 6.10 Å². The van der Waals surface area contributed by atoms with Gasteiger partial charge in [0.25, 0.3) is 0 Å². The number of aliphatic hydroxyl groups excluding tert-OH is 1. The molecule has 30 heavy (non-hydrogen) atoms. The predicted octanol–water partition coefficient (Wildman–Crippen LogP) is 3.99. The van der Waals surface area contributed by atoms with Crippen LogP contribution >= 0.6 is 0 Å². The summed E-state index contributed by atoms with van der Waals surface area (Å²) >= 11 is 0. The third kappa shape index (κ3) is 4.54. The first-order valence-corrected chi connectivity index (χ1v) is 11.8. The maximum Gasteiger partial charge on any atom is 0.223 e. The van der Waals surface area contributed by atoms with Crippen molar-refractivity contribution in [3.63, 3.8) is 0 Å². The van der Waals surface area contributed by atoms with Gasteiger partial charge in [0, 0.05) is 35.7 Å². The predicted molar refractivity (Wildman–Crippen MR) is 119 cm³/mol. The molecule has 1 saturated carbocycles. The van der Waals surface area contributed by atoms with Crippen LogP contribution in [0.3, 0.4) is 0 Å². The molecule has 6 nitrogen and oxygen atoms in total. The van der Waals surface area contributed by atoms with E-state index in [1.165, 1.54) is 45.2 Å². The van der Waals surface area contributed by atoms with Gasteiger partial charge in [0.05, 0.1) is 18.2 Å². The lowest BCUT2D eigenvalue weighted by atomic mass is 9.84. The van der Waals surface area contributed by atoms with Crippen molar-refractivity contribution in [1.29, 1.82) is 0 Å². The molecule has 5 rings (SSSR count). The van der Waals surface area contributed by atoms with Crippen LogP contribution in [0.15, 0.2) is 24.4 Å². The minimum absolute atomic E-state index is 0.148. The van der Waals surface area contributed by atoms with E-state index in [1.807, 2.05) is 18.3 Å². The summed E-state index contributed by atoms with van der Waals surface area (Å²) in [6.45, 7) is 3.33. The molecular formula is C24H34N4O2. The molecule has 1 aromatic carbocycles. The van der Waals surface area contributed by atoms with E-state index in [2.05, 4.69) is 21.3 Å². The van der Waals surface area contributed by atoms with Gasteiger partial charge in [0.1, 0.15) is 5.75 Å². The average Bonchev–Trinajstić information content (AvgIpc) is 2.79. The highest BCUT2D eigenvalue weighted by Crippen LogP contribution is 2.32. The van der Waals surface area contributed by atoms with Crippen LogP contribution in [-0.2, 0) is 0 Å². The standard InChI is InChI=1S/C24H34N4O2/c29-20-9-7-19(8-10-20)26-24-25-15-17-6-11-21(14-22(17)27-24)30-16-18-4-3-13-28-12-2-1-5-23(18)28/h6,11,14-15,18-20,23,29H,1-5,7-10,12-13,16H2,(H,25,26,27)/t18?,19?,20?,23-/m1/s1. The number of aromatic nitrogens is 2. The number of aliphatic hydroxyl groups is 1. The van der Waals surface area contributed by atoms with E-state index >= 15 is 0 Å². The van der Waals surface area contributed by atoms with Crippen molar-refractivity contribution < 1.29 is 9.84 Å². The zero-order valence-electron chi connectivity index (χ0n) is 17.8. The first-order valence-electron chi connectivity index (χ1n) is 11.8. The summed E-state index contributed by atoms with van der Waals surface area (Å²) in [7, 11) is 0. The fraction of sp³-hybridized carbons (Fsp3) is 0.667. The minimum Gasteiger partial charge on any atom is -0.493 e. The molecule has 0 amide bonds. The molecular weight excluding hydrogens is 376 g/mol. The molecule has 0 bridgehead atoms. The number of piperidine rings is 2. The Morgan fingerprint density at radius 2 is 1.90 bits per heavy atom. The third-order valence-corrected chi connectivity index (χ3v) is 7.28. The van der Waals surface area contributed by atoms with Gasteiger partial charge < -0.3 is 15.2 Å². The van der Waals surface area contributed by atoms with Crippen LogP contribution in [-0.4, -0.2) is 57.9 Å². The monoisotopic (exact) mass is 410 g/mol. The van der Waals surface area contributed by atoms with Crippen LogP contribution in [0.5, 0.6) is 5.75 Å². The van der Waals surface area contributed by atoms with Gasteiger partial charge in [0.15, 0.2) is 0 Å². The highest BCUT2D eigenvalue weighted by Gasteiger charge is 2.33. The lowest BCUT2D eigenvalue weighted by Gasteiger charge is -2.44. The van der Waals surface area contributed by atoms with Crippen LogP contribution < -0.4 is 10.1 Å². The Labute approximate surface area is 179 Å². The number of nitrogens with zero attached hydrogens (tertiary/aromatic N) is 3. The molecule has 0 spiro atoms. The number of hydrogen-bond acceptors (Lipinski definition) is 6. The van der Waals surface area contributed by atoms with Crippen LogP contribution in [0.25, 0.3) is 10.9 Å². The van der Waals surface area contributed by atoms with Crippen molar-refractivity contribution in [2.24, 2.45) is 5.92 Å². The fourth-order valence-corrected chi connectivity index (χ4v) is 5.54. The zero-order valence-corrected chi connectivity index (χ0v) is 17.8. The van der Waals surface area contributed by atoms with E-state index in [9.17, 15) is 5.11 Å². The second-order valence-corrected chi connectivity index (χ2v) is 9.38. The summed E-state index contributed by atoms with van der Waals surface area (Å²) in [4.78, 5) is 11.9. The lowest BCUT2D eigenvalue weighted by molar-refractivity contribution is 0.0366. The number of nitrogens with one attached hydrogen (secondary N) is 1. The van der Waals surface area contributed by atoms with Gasteiger partial charge in [-0.3, -0.25) is 4.90 Å². The smallest absolute Gasteiger partial charge is 0.223 e. The topological polar surface area (TPSA) is 70.5 Å². The number of fused-ring (bicyclic) bond motifs is 2. The molecule has 2 saturated heterocycles. The van der Waals surface area contributed by atoms with Gasteiger partial charge >= 0.3 is 0 Å². The van der Waals surface area contributed by atoms with Gasteiger partial charge in [-0.2, -0.15) is 0 Å². The largest absolute Gasteiger partial charge is 0.493 e. The maximum absolute atomic E-state index is 9.70. The Hall–Kier alpha value is -1.92. The number of ether oxygens (including phenoxy) is 1. The Balaban J connectivity index is 1.23. The minimum atomic E-state index is -0.148. The van der Waals surface area contributed by atoms with Crippen molar-refractivity contribution in [2.45, 2.75) is 76.0 Å². The summed E-state index contributed by atoms with van der Waals surface area (Å²) in [5.41, 5.74) is 0.920. The van der Waals surface area contributed by atoms with Crippen molar-refractivity contribution in [1.82, 2.24) is 14.9 Å². The highest BCUT2D eigenvalue weighted by molar-refractivity contribution is 5.80. The van der Waals surface area contributed by atoms with E-state index in [0.29, 0.717) is 23.9 Å². The summed E-state index contributed by atoms with van der Waals surface area (Å²) in [6, 6.07) is 7.20. The van der Waals surface area contributed by atoms with Crippen LogP contribution in [0.1, 0.15) is 57.8 Å². The lowest BCUT2D eigenvalue weighted by Crippen LogP contribution is -2.49. The molecule has 3 aliphatic rings. The first-order chi connectivity index (χ1) is 14.7. The number of rotatable bonds is 5. The van der Waals surface area contributed by atoms with Crippen LogP contribution in [0, 0.1) is 5.92 Å². The van der Waals surface area contributed by atoms with Gasteiger partial charge in [-0.05, 0) is 76.6 Å². The molecule has 1 aromatic heterocycles. The summed E-state index contributed by atoms with van der Waals surface area (Å²) < 4.78 is 6.27. The summed E-state index contributed by atoms with van der Waals surface area (Å²) in [5, 5.41) is 14.2. The van der Waals surface area contributed by atoms with Crippen molar-refractivity contribution in [2.75, 3.05) is 25.0 Å². The zero-order chi connectivity index (χ0) is 20.3. The molecule has 3 heterocycles. The van der Waals surface area contributed by atoms with E-state index in [0.717, 1.165) is 48.9 Å². The normalized spacial score (nSPS) is 30.0. The summed E-state index contributed by atoms with van der Waals surface area (Å²) in [6.07, 6.45) is 12.0. The van der Waals surface area contributed by atoms with Gasteiger partial charge in [0.2, 0.25) is 5.95 Å². The van der Waals surface area contributed by atoms with E-state index in [4.69, 9.17) is 9.72 Å². The molecule has 2 N–H and O–H groups in total. The highest BCUT2D eigenvalue weighted by atomic mass is 16.5. The van der Waals surface area contributed by atoms with Gasteiger partial charge in [-0.25, -0.2) is 9.97 Å². The maximum atomic E-state index is 9.70. The van der Waals surface area contributed by atoms with E-state index in [1.54, 1.807) is 0 Å². The second kappa shape index (κ2) is 9.06. The van der Waals surface area contributed by atoms with Crippen LogP contribution in [0.2, 0.25) is 0 Å². The molecule has 1 unspecified atom stereocenters. The van der Waals surface area contributed by atoms with Crippen molar-refractivity contribution >= 4 is 16.9 Å². The van der Waals surface area contributed by atoms with Crippen LogP contribution in [0.4, 0.5) is 5.95 Å². The van der Waals surface area contributed by atoms with Gasteiger partial charge in [-0.1, -0.05) is 6.42 Å². The van der Waals surface area contributed by atoms with Gasteiger partial charge in [-0.15, -0.1) is 0 Å². The van der Waals surface area contributed by atoms with Crippen molar-refractivity contribution in [3.05, 3.63) is 24.4 Å². The number of benzene rings is 1. The molecule has 162 valence electrons. The Bertz CT molecular complexity index is 850. The average molecular weight is 411 g/mol. The first kappa shape index (κ1) is 20.0.